The molecule has 0 spiro atoms. The van der Waals surface area contributed by atoms with Crippen LogP contribution >= 0.6 is 0 Å². The second-order valence-corrected chi connectivity index (χ2v) is 8.33. The molecule has 0 bridgehead atoms. The number of benzene rings is 1. The Labute approximate surface area is 192 Å². The average molecular weight is 458 g/mol. The summed E-state index contributed by atoms with van der Waals surface area (Å²) < 4.78 is 21.5. The van der Waals surface area contributed by atoms with Gasteiger partial charge in [-0.05, 0) is 38.0 Å². The number of hydrogen-bond donors (Lipinski definition) is 2. The van der Waals surface area contributed by atoms with Crippen LogP contribution in [0.1, 0.15) is 46.3 Å². The number of aromatic carboxylic acids is 1. The van der Waals surface area contributed by atoms with Gasteiger partial charge in [0.2, 0.25) is 5.95 Å². The molecule has 170 valence electrons. The van der Waals surface area contributed by atoms with Crippen molar-refractivity contribution < 1.29 is 18.7 Å². The largest absolute Gasteiger partial charge is 0.476 e. The smallest absolute Gasteiger partial charge is 0.356 e. The molecule has 1 aliphatic carbocycles. The van der Waals surface area contributed by atoms with E-state index in [-0.39, 0.29) is 18.1 Å². The lowest BCUT2D eigenvalue weighted by Gasteiger charge is -2.12. The van der Waals surface area contributed by atoms with Crippen molar-refractivity contribution >= 4 is 28.5 Å². The molecule has 2 N–H and O–H groups in total. The molecular formula is C24H19FN6O3. The summed E-state index contributed by atoms with van der Waals surface area (Å²) in [6, 6.07) is 4.63. The highest BCUT2D eigenvalue weighted by atomic mass is 19.1. The lowest BCUT2D eigenvalue weighted by Crippen LogP contribution is -2.08. The van der Waals surface area contributed by atoms with Crippen molar-refractivity contribution in [2.24, 2.45) is 0 Å². The second kappa shape index (κ2) is 7.62. The van der Waals surface area contributed by atoms with E-state index in [1.54, 1.807) is 28.9 Å². The van der Waals surface area contributed by atoms with Crippen LogP contribution in [0.15, 0.2) is 47.5 Å². The molecule has 0 amide bonds. The van der Waals surface area contributed by atoms with Crippen molar-refractivity contribution in [2.75, 3.05) is 5.32 Å². The van der Waals surface area contributed by atoms with Crippen molar-refractivity contribution in [3.63, 3.8) is 0 Å². The molecular weight excluding hydrogens is 439 g/mol. The third-order valence-corrected chi connectivity index (χ3v) is 6.05. The number of nitrogens with one attached hydrogen (secondary N) is 1. The van der Waals surface area contributed by atoms with E-state index in [1.807, 2.05) is 6.92 Å². The minimum atomic E-state index is -1.16. The minimum absolute atomic E-state index is 0.114. The molecule has 0 aliphatic heterocycles. The number of aryl methyl sites for hydroxylation is 1. The summed E-state index contributed by atoms with van der Waals surface area (Å²) in [7, 11) is 0. The van der Waals surface area contributed by atoms with E-state index in [2.05, 4.69) is 25.3 Å². The van der Waals surface area contributed by atoms with Crippen LogP contribution in [0.25, 0.3) is 27.7 Å². The number of nitrogens with zero attached hydrogens (tertiary/aromatic N) is 5. The first kappa shape index (κ1) is 20.3. The molecule has 1 fully saturated rings. The lowest BCUT2D eigenvalue weighted by atomic mass is 10.1. The number of furan rings is 1. The number of carboxylic acids is 1. The Morgan fingerprint density at radius 1 is 1.21 bits per heavy atom. The SMILES string of the molecule is Cc1nc(C2CC2)ncc1-c1cnc(NCc2c(F)ccc3occc23)n2cc(C(=O)O)nc12. The Hall–Kier alpha value is -4.34. The third kappa shape index (κ3) is 3.35. The van der Waals surface area contributed by atoms with Gasteiger partial charge in [-0.25, -0.2) is 29.1 Å². The van der Waals surface area contributed by atoms with Crippen LogP contribution < -0.4 is 5.32 Å². The van der Waals surface area contributed by atoms with Gasteiger partial charge in [0.25, 0.3) is 0 Å². The van der Waals surface area contributed by atoms with Crippen molar-refractivity contribution in [3.8, 4) is 11.1 Å². The van der Waals surface area contributed by atoms with Gasteiger partial charge in [0.1, 0.15) is 22.9 Å². The van der Waals surface area contributed by atoms with Crippen LogP contribution in [0.2, 0.25) is 0 Å². The van der Waals surface area contributed by atoms with Crippen molar-refractivity contribution in [3.05, 3.63) is 71.6 Å². The van der Waals surface area contributed by atoms with Gasteiger partial charge in [0.05, 0.1) is 6.26 Å². The first-order chi connectivity index (χ1) is 16.5. The van der Waals surface area contributed by atoms with E-state index in [1.165, 1.54) is 18.5 Å². The van der Waals surface area contributed by atoms with Gasteiger partial charge in [0.15, 0.2) is 5.69 Å². The fourth-order valence-electron chi connectivity index (χ4n) is 4.11. The minimum Gasteiger partial charge on any atom is -0.476 e. The zero-order valence-electron chi connectivity index (χ0n) is 18.1. The average Bonchev–Trinajstić information content (AvgIpc) is 3.38. The number of fused-ring (bicyclic) bond motifs is 2. The van der Waals surface area contributed by atoms with Gasteiger partial charge in [0, 0.05) is 58.8 Å². The third-order valence-electron chi connectivity index (χ3n) is 6.05. The molecule has 0 radical (unpaired) electrons. The number of carboxylic acid groups (broad SMARTS) is 1. The molecule has 10 heteroatoms. The van der Waals surface area contributed by atoms with E-state index in [4.69, 9.17) is 4.42 Å². The van der Waals surface area contributed by atoms with E-state index in [9.17, 15) is 14.3 Å². The van der Waals surface area contributed by atoms with E-state index in [0.29, 0.717) is 39.6 Å². The predicted molar refractivity (Wildman–Crippen MR) is 121 cm³/mol. The van der Waals surface area contributed by atoms with Gasteiger partial charge >= 0.3 is 5.97 Å². The van der Waals surface area contributed by atoms with Crippen LogP contribution in [0.4, 0.5) is 10.3 Å². The molecule has 1 aromatic carbocycles. The predicted octanol–water partition coefficient (Wildman–Crippen LogP) is 4.57. The van der Waals surface area contributed by atoms with Crippen LogP contribution in [-0.2, 0) is 6.54 Å². The maximum absolute atomic E-state index is 14.5. The molecule has 9 nitrogen and oxygen atoms in total. The Bertz CT molecular complexity index is 1590. The van der Waals surface area contributed by atoms with E-state index >= 15 is 0 Å². The van der Waals surface area contributed by atoms with Crippen LogP contribution in [-0.4, -0.2) is 35.4 Å². The fourth-order valence-corrected chi connectivity index (χ4v) is 4.11. The first-order valence-corrected chi connectivity index (χ1v) is 10.8. The summed E-state index contributed by atoms with van der Waals surface area (Å²) >= 11 is 0. The van der Waals surface area contributed by atoms with Crippen LogP contribution in [0, 0.1) is 12.7 Å². The molecule has 1 aliphatic rings. The molecule has 4 aromatic heterocycles. The number of aromatic nitrogens is 5. The van der Waals surface area contributed by atoms with Crippen molar-refractivity contribution in [2.45, 2.75) is 32.2 Å². The monoisotopic (exact) mass is 458 g/mol. The summed E-state index contributed by atoms with van der Waals surface area (Å²) in [5.41, 5.74) is 3.37. The molecule has 6 rings (SSSR count). The molecule has 4 heterocycles. The standard InChI is InChI=1S/C24H19FN6O3/c1-12-15(8-26-21(29-12)13-2-3-13)17-10-28-24(31-11-19(23(32)33)30-22(17)31)27-9-16-14-6-7-34-20(14)5-4-18(16)25/h4-8,10-11,13H,2-3,9H2,1H3,(H,27,28)(H,32,33). The summed E-state index contributed by atoms with van der Waals surface area (Å²) in [6.45, 7) is 2.00. The number of imidazole rings is 1. The number of halogens is 1. The Morgan fingerprint density at radius 3 is 2.79 bits per heavy atom. The Morgan fingerprint density at radius 2 is 2.03 bits per heavy atom. The molecule has 34 heavy (non-hydrogen) atoms. The number of anilines is 1. The number of hydrogen-bond acceptors (Lipinski definition) is 7. The normalized spacial score (nSPS) is 13.6. The first-order valence-electron chi connectivity index (χ1n) is 10.8. The summed E-state index contributed by atoms with van der Waals surface area (Å²) in [5, 5.41) is 13.3. The van der Waals surface area contributed by atoms with Gasteiger partial charge in [-0.2, -0.15) is 0 Å². The maximum Gasteiger partial charge on any atom is 0.356 e. The molecule has 0 unspecified atom stereocenters. The maximum atomic E-state index is 14.5. The van der Waals surface area contributed by atoms with Crippen molar-refractivity contribution in [1.82, 2.24) is 24.3 Å². The van der Waals surface area contributed by atoms with E-state index < -0.39 is 5.97 Å². The summed E-state index contributed by atoms with van der Waals surface area (Å²) in [4.78, 5) is 29.6. The highest BCUT2D eigenvalue weighted by Gasteiger charge is 2.27. The Balaban J connectivity index is 1.42. The van der Waals surface area contributed by atoms with Crippen LogP contribution in [0.5, 0.6) is 0 Å². The summed E-state index contributed by atoms with van der Waals surface area (Å²) in [5.74, 6) is 0.0319. The zero-order valence-corrected chi connectivity index (χ0v) is 18.1. The van der Waals surface area contributed by atoms with E-state index in [0.717, 1.165) is 29.9 Å². The molecule has 0 atom stereocenters. The van der Waals surface area contributed by atoms with Crippen LogP contribution in [0.3, 0.4) is 0 Å². The zero-order chi connectivity index (χ0) is 23.4. The van der Waals surface area contributed by atoms with Gasteiger partial charge in [-0.15, -0.1) is 0 Å². The molecule has 1 saturated carbocycles. The molecule has 5 aromatic rings. The summed E-state index contributed by atoms with van der Waals surface area (Å²) in [6.07, 6.45) is 8.44. The second-order valence-electron chi connectivity index (χ2n) is 8.33. The highest BCUT2D eigenvalue weighted by molar-refractivity contribution is 5.88. The fraction of sp³-hybridized carbons (Fsp3) is 0.208. The van der Waals surface area contributed by atoms with Gasteiger partial charge < -0.3 is 14.8 Å². The topological polar surface area (TPSA) is 118 Å². The Kier molecular flexibility index (Phi) is 4.54. The van der Waals surface area contributed by atoms with Crippen molar-refractivity contribution in [1.29, 1.82) is 0 Å². The quantitative estimate of drug-likeness (QED) is 0.380. The number of rotatable bonds is 6. The molecule has 0 saturated heterocycles. The van der Waals surface area contributed by atoms with Gasteiger partial charge in [-0.1, -0.05) is 0 Å². The lowest BCUT2D eigenvalue weighted by molar-refractivity contribution is 0.0691. The number of carbonyl (C=O) groups is 1. The highest BCUT2D eigenvalue weighted by Crippen LogP contribution is 2.39. The van der Waals surface area contributed by atoms with Gasteiger partial charge in [-0.3, -0.25) is 4.40 Å².